The molecule has 0 bridgehead atoms. The van der Waals surface area contributed by atoms with Gasteiger partial charge in [0.25, 0.3) is 0 Å². The molecule has 0 aliphatic rings. The van der Waals surface area contributed by atoms with Gasteiger partial charge in [0.2, 0.25) is 0 Å². The quantitative estimate of drug-likeness (QED) is 0.556. The fourth-order valence-corrected chi connectivity index (χ4v) is 1.54. The predicted molar refractivity (Wildman–Crippen MR) is 65.0 cm³/mol. The Hall–Kier alpha value is -1.08. The Balaban J connectivity index is 2.89. The third kappa shape index (κ3) is 3.21. The van der Waals surface area contributed by atoms with Crippen molar-refractivity contribution in [2.24, 2.45) is 0 Å². The summed E-state index contributed by atoms with van der Waals surface area (Å²) in [5.41, 5.74) is 2.19. The van der Waals surface area contributed by atoms with Crippen LogP contribution in [0.2, 0.25) is 0 Å². The minimum absolute atomic E-state index is 0.487. The number of hydrogen-bond donors (Lipinski definition) is 0. The highest BCUT2D eigenvalue weighted by Crippen LogP contribution is 2.23. The summed E-state index contributed by atoms with van der Waals surface area (Å²) in [5, 5.41) is 0.487. The summed E-state index contributed by atoms with van der Waals surface area (Å²) in [7, 11) is 0. The number of benzene rings is 1. The van der Waals surface area contributed by atoms with Gasteiger partial charge in [-0.3, -0.25) is 4.79 Å². The van der Waals surface area contributed by atoms with Crippen LogP contribution in [-0.2, 0) is 4.79 Å². The standard InChI is InChI=1S/C13H15ClO/c1-3-10(2)11-4-6-12(7-5-11)13(14)8-9-15/h4-10H,3H2,1-2H3. The van der Waals surface area contributed by atoms with E-state index in [-0.39, 0.29) is 0 Å². The first-order valence-electron chi connectivity index (χ1n) is 5.10. The van der Waals surface area contributed by atoms with E-state index in [1.807, 2.05) is 12.1 Å². The molecule has 15 heavy (non-hydrogen) atoms. The van der Waals surface area contributed by atoms with Crippen molar-refractivity contribution >= 4 is 22.9 Å². The average Bonchev–Trinajstić information content (AvgIpc) is 2.28. The molecule has 1 rings (SSSR count). The van der Waals surface area contributed by atoms with Gasteiger partial charge in [-0.1, -0.05) is 49.7 Å². The molecule has 0 fully saturated rings. The van der Waals surface area contributed by atoms with Crippen molar-refractivity contribution in [2.75, 3.05) is 0 Å². The van der Waals surface area contributed by atoms with Gasteiger partial charge < -0.3 is 0 Å². The zero-order valence-electron chi connectivity index (χ0n) is 9.03. The Morgan fingerprint density at radius 2 is 2.00 bits per heavy atom. The molecule has 0 aliphatic heterocycles. The second kappa shape index (κ2) is 5.72. The molecule has 0 saturated carbocycles. The maximum atomic E-state index is 10.2. The normalized spacial score (nSPS) is 13.7. The molecule has 0 saturated heterocycles. The number of allylic oxidation sites excluding steroid dienone is 1. The highest BCUT2D eigenvalue weighted by atomic mass is 35.5. The molecule has 0 aliphatic carbocycles. The van der Waals surface area contributed by atoms with Crippen LogP contribution in [0.25, 0.3) is 5.03 Å². The lowest BCUT2D eigenvalue weighted by atomic mass is 9.97. The molecular formula is C13H15ClO. The summed E-state index contributed by atoms with van der Waals surface area (Å²) in [6.07, 6.45) is 3.18. The molecule has 1 unspecified atom stereocenters. The zero-order chi connectivity index (χ0) is 11.3. The molecule has 2 heteroatoms. The Morgan fingerprint density at radius 3 is 2.47 bits per heavy atom. The molecule has 1 atom stereocenters. The van der Waals surface area contributed by atoms with E-state index in [4.69, 9.17) is 11.6 Å². The van der Waals surface area contributed by atoms with Gasteiger partial charge in [-0.25, -0.2) is 0 Å². The third-order valence-electron chi connectivity index (χ3n) is 2.58. The monoisotopic (exact) mass is 222 g/mol. The van der Waals surface area contributed by atoms with Gasteiger partial charge in [0.05, 0.1) is 5.03 Å². The van der Waals surface area contributed by atoms with Crippen molar-refractivity contribution in [3.8, 4) is 0 Å². The second-order valence-electron chi connectivity index (χ2n) is 3.58. The van der Waals surface area contributed by atoms with E-state index in [9.17, 15) is 4.79 Å². The van der Waals surface area contributed by atoms with Crippen LogP contribution in [-0.4, -0.2) is 6.29 Å². The van der Waals surface area contributed by atoms with Crippen LogP contribution in [0.15, 0.2) is 30.3 Å². The molecule has 0 radical (unpaired) electrons. The van der Waals surface area contributed by atoms with E-state index in [0.29, 0.717) is 17.2 Å². The highest BCUT2D eigenvalue weighted by Gasteiger charge is 2.03. The molecular weight excluding hydrogens is 208 g/mol. The van der Waals surface area contributed by atoms with E-state index in [1.165, 1.54) is 11.6 Å². The van der Waals surface area contributed by atoms with E-state index < -0.39 is 0 Å². The molecule has 0 N–H and O–H groups in total. The van der Waals surface area contributed by atoms with Crippen LogP contribution in [0.1, 0.15) is 37.3 Å². The van der Waals surface area contributed by atoms with Crippen molar-refractivity contribution in [3.63, 3.8) is 0 Å². The first-order chi connectivity index (χ1) is 7.19. The summed E-state index contributed by atoms with van der Waals surface area (Å²) >= 11 is 5.90. The molecule has 1 nitrogen and oxygen atoms in total. The lowest BCUT2D eigenvalue weighted by Crippen LogP contribution is -1.90. The summed E-state index contributed by atoms with van der Waals surface area (Å²) in [6, 6.07) is 8.02. The number of carbonyl (C=O) groups is 1. The first-order valence-corrected chi connectivity index (χ1v) is 5.48. The van der Waals surface area contributed by atoms with Crippen LogP contribution < -0.4 is 0 Å². The van der Waals surface area contributed by atoms with E-state index in [2.05, 4.69) is 26.0 Å². The van der Waals surface area contributed by atoms with Crippen molar-refractivity contribution < 1.29 is 4.79 Å². The Labute approximate surface area is 95.8 Å². The number of aldehydes is 1. The molecule has 1 aromatic rings. The number of halogens is 1. The average molecular weight is 223 g/mol. The lowest BCUT2D eigenvalue weighted by molar-refractivity contribution is -0.104. The maximum Gasteiger partial charge on any atom is 0.144 e. The summed E-state index contributed by atoms with van der Waals surface area (Å²) in [4.78, 5) is 10.2. The Bertz CT molecular complexity index is 351. The van der Waals surface area contributed by atoms with Crippen molar-refractivity contribution in [2.45, 2.75) is 26.2 Å². The molecule has 0 heterocycles. The van der Waals surface area contributed by atoms with Crippen LogP contribution in [0.3, 0.4) is 0 Å². The molecule has 0 spiro atoms. The molecule has 0 aromatic heterocycles. The van der Waals surface area contributed by atoms with Gasteiger partial charge in [-0.15, -0.1) is 0 Å². The van der Waals surface area contributed by atoms with Gasteiger partial charge in [-0.2, -0.15) is 0 Å². The third-order valence-corrected chi connectivity index (χ3v) is 2.93. The van der Waals surface area contributed by atoms with E-state index in [1.54, 1.807) is 0 Å². The summed E-state index contributed by atoms with van der Waals surface area (Å²) in [5.74, 6) is 0.563. The largest absolute Gasteiger partial charge is 0.299 e. The maximum absolute atomic E-state index is 10.2. The summed E-state index contributed by atoms with van der Waals surface area (Å²) < 4.78 is 0. The smallest absolute Gasteiger partial charge is 0.144 e. The number of rotatable bonds is 4. The minimum atomic E-state index is 0.487. The SMILES string of the molecule is CCC(C)c1ccc(C(Cl)=CC=O)cc1. The Kier molecular flexibility index (Phi) is 4.57. The topological polar surface area (TPSA) is 17.1 Å². The summed E-state index contributed by atoms with van der Waals surface area (Å²) in [6.45, 7) is 4.36. The van der Waals surface area contributed by atoms with Crippen molar-refractivity contribution in [3.05, 3.63) is 41.5 Å². The van der Waals surface area contributed by atoms with Crippen molar-refractivity contribution in [1.29, 1.82) is 0 Å². The Morgan fingerprint density at radius 1 is 1.40 bits per heavy atom. The predicted octanol–water partition coefficient (Wildman–Crippen LogP) is 3.98. The minimum Gasteiger partial charge on any atom is -0.299 e. The second-order valence-corrected chi connectivity index (χ2v) is 3.99. The van der Waals surface area contributed by atoms with Crippen LogP contribution in [0.4, 0.5) is 0 Å². The fourth-order valence-electron chi connectivity index (χ4n) is 1.36. The van der Waals surface area contributed by atoms with Crippen LogP contribution >= 0.6 is 11.6 Å². The molecule has 0 amide bonds. The van der Waals surface area contributed by atoms with E-state index in [0.717, 1.165) is 12.0 Å². The lowest BCUT2D eigenvalue weighted by Gasteiger charge is -2.09. The van der Waals surface area contributed by atoms with Gasteiger partial charge >= 0.3 is 0 Å². The van der Waals surface area contributed by atoms with E-state index >= 15 is 0 Å². The fraction of sp³-hybridized carbons (Fsp3) is 0.308. The first kappa shape index (κ1) is 12.0. The molecule has 80 valence electrons. The van der Waals surface area contributed by atoms with Crippen LogP contribution in [0.5, 0.6) is 0 Å². The van der Waals surface area contributed by atoms with Gasteiger partial charge in [0, 0.05) is 0 Å². The van der Waals surface area contributed by atoms with Crippen molar-refractivity contribution in [1.82, 2.24) is 0 Å². The zero-order valence-corrected chi connectivity index (χ0v) is 9.79. The van der Waals surface area contributed by atoms with Gasteiger partial charge in [0.1, 0.15) is 6.29 Å². The van der Waals surface area contributed by atoms with Crippen LogP contribution in [0, 0.1) is 0 Å². The highest BCUT2D eigenvalue weighted by molar-refractivity contribution is 6.49. The molecule has 1 aromatic carbocycles. The van der Waals surface area contributed by atoms with Gasteiger partial charge in [0.15, 0.2) is 0 Å². The number of hydrogen-bond acceptors (Lipinski definition) is 1. The van der Waals surface area contributed by atoms with Gasteiger partial charge in [-0.05, 0) is 29.5 Å². The number of carbonyl (C=O) groups excluding carboxylic acids is 1.